The minimum absolute atomic E-state index is 0.176. The van der Waals surface area contributed by atoms with Crippen molar-refractivity contribution in [3.05, 3.63) is 53.6 Å². The molecule has 0 aromatic heterocycles. The quantitative estimate of drug-likeness (QED) is 0.612. The molecule has 2 aliphatic heterocycles. The van der Waals surface area contributed by atoms with Gasteiger partial charge < -0.3 is 5.32 Å². The Morgan fingerprint density at radius 1 is 1.04 bits per heavy atom. The molecule has 0 saturated carbocycles. The van der Waals surface area contributed by atoms with Gasteiger partial charge in [0.1, 0.15) is 0 Å². The number of anilines is 1. The van der Waals surface area contributed by atoms with Gasteiger partial charge in [-0.05, 0) is 73.4 Å². The zero-order chi connectivity index (χ0) is 19.6. The maximum Gasteiger partial charge on any atom is 0.255 e. The maximum absolute atomic E-state index is 12.7. The molecule has 7 heteroatoms. The fourth-order valence-electron chi connectivity index (χ4n) is 3.72. The summed E-state index contributed by atoms with van der Waals surface area (Å²) in [5, 5.41) is 2.91. The third kappa shape index (κ3) is 4.23. The molecule has 150 valence electrons. The fourth-order valence-corrected chi connectivity index (χ4v) is 6.35. The van der Waals surface area contributed by atoms with Crippen molar-refractivity contribution < 1.29 is 13.9 Å². The van der Waals surface area contributed by atoms with E-state index in [0.29, 0.717) is 29.2 Å². The molecule has 1 saturated heterocycles. The zero-order valence-corrected chi connectivity index (χ0v) is 17.4. The van der Waals surface area contributed by atoms with E-state index in [-0.39, 0.29) is 5.91 Å². The molecule has 2 aliphatic rings. The third-order valence-corrected chi connectivity index (χ3v) is 8.43. The largest absolute Gasteiger partial charge is 0.322 e. The number of aryl methyl sites for hydroxylation is 1. The molecule has 0 bridgehead atoms. The van der Waals surface area contributed by atoms with Gasteiger partial charge in [-0.15, -0.1) is 22.5 Å². The van der Waals surface area contributed by atoms with Crippen LogP contribution in [-0.4, -0.2) is 38.2 Å². The van der Waals surface area contributed by atoms with Crippen LogP contribution in [0.1, 0.15) is 41.6 Å². The molecule has 2 heterocycles. The van der Waals surface area contributed by atoms with E-state index in [1.54, 1.807) is 28.6 Å². The minimum atomic E-state index is -3.02. The first kappa shape index (κ1) is 19.8. The Morgan fingerprint density at radius 3 is 2.68 bits per heavy atom. The Bertz CT molecular complexity index is 866. The number of rotatable bonds is 4. The smallest absolute Gasteiger partial charge is 0.255 e. The molecule has 5 nitrogen and oxygen atoms in total. The summed E-state index contributed by atoms with van der Waals surface area (Å²) in [5.41, 5.74) is 2.44. The molecule has 0 aliphatic carbocycles. The van der Waals surface area contributed by atoms with Crippen molar-refractivity contribution in [2.75, 3.05) is 24.2 Å². The zero-order valence-electron chi connectivity index (χ0n) is 15.8. The number of fused-ring (bicyclic) bond motifs is 1. The summed E-state index contributed by atoms with van der Waals surface area (Å²) < 4.78 is 23.3. The van der Waals surface area contributed by atoms with Crippen molar-refractivity contribution in [2.45, 2.75) is 41.9 Å². The number of amides is 1. The second kappa shape index (κ2) is 8.47. The van der Waals surface area contributed by atoms with Crippen LogP contribution in [0.5, 0.6) is 0 Å². The van der Waals surface area contributed by atoms with E-state index in [9.17, 15) is 13.9 Å². The standard InChI is InChI=1S/C21H26N2O3S2/c24-21(17-9-10-20-16(14-17)6-5-13-27-20)22-18-7-4-8-19(15-18)28(25,26)23-11-2-1-3-12-23/h4,7-10,14-15,25-26H,1-3,5-6,11-13H2,(H,22,24). The van der Waals surface area contributed by atoms with E-state index in [1.165, 1.54) is 10.5 Å². The highest BCUT2D eigenvalue weighted by Gasteiger charge is 2.27. The van der Waals surface area contributed by atoms with Crippen LogP contribution in [-0.2, 0) is 6.42 Å². The van der Waals surface area contributed by atoms with Gasteiger partial charge >= 0.3 is 0 Å². The van der Waals surface area contributed by atoms with Gasteiger partial charge in [-0.3, -0.25) is 13.9 Å². The highest BCUT2D eigenvalue weighted by Crippen LogP contribution is 2.52. The average Bonchev–Trinajstić information content (AvgIpc) is 2.74. The highest BCUT2D eigenvalue weighted by atomic mass is 32.3. The molecule has 0 radical (unpaired) electrons. The molecule has 2 aromatic rings. The SMILES string of the molecule is O=C(Nc1cccc(S(O)(O)N2CCCCC2)c1)c1ccc2c(c1)CCCS2. The van der Waals surface area contributed by atoms with Gasteiger partial charge in [-0.25, -0.2) is 4.31 Å². The Morgan fingerprint density at radius 2 is 1.86 bits per heavy atom. The van der Waals surface area contributed by atoms with Gasteiger partial charge in [0, 0.05) is 29.2 Å². The van der Waals surface area contributed by atoms with Crippen LogP contribution in [0.2, 0.25) is 0 Å². The van der Waals surface area contributed by atoms with Crippen molar-refractivity contribution >= 4 is 34.1 Å². The summed E-state index contributed by atoms with van der Waals surface area (Å²) in [4.78, 5) is 14.4. The third-order valence-electron chi connectivity index (χ3n) is 5.25. The van der Waals surface area contributed by atoms with Crippen LogP contribution in [0.15, 0.2) is 52.3 Å². The molecule has 3 N–H and O–H groups in total. The number of benzene rings is 2. The van der Waals surface area contributed by atoms with Gasteiger partial charge in [-0.2, -0.15) is 0 Å². The van der Waals surface area contributed by atoms with Crippen LogP contribution in [0, 0.1) is 0 Å². The Hall–Kier alpha value is -1.51. The predicted octanol–water partition coefficient (Wildman–Crippen LogP) is 5.49. The van der Waals surface area contributed by atoms with E-state index in [0.717, 1.165) is 37.9 Å². The van der Waals surface area contributed by atoms with E-state index in [2.05, 4.69) is 5.32 Å². The Kier molecular flexibility index (Phi) is 5.99. The van der Waals surface area contributed by atoms with Gasteiger partial charge in [0.25, 0.3) is 5.91 Å². The molecule has 0 spiro atoms. The normalized spacial score (nSPS) is 18.4. The second-order valence-corrected chi connectivity index (χ2v) is 10.4. The molecular weight excluding hydrogens is 392 g/mol. The molecule has 28 heavy (non-hydrogen) atoms. The summed E-state index contributed by atoms with van der Waals surface area (Å²) in [6, 6.07) is 12.8. The number of nitrogens with one attached hydrogen (secondary N) is 1. The van der Waals surface area contributed by atoms with Crippen LogP contribution < -0.4 is 5.32 Å². The van der Waals surface area contributed by atoms with Gasteiger partial charge in [0.15, 0.2) is 0 Å². The van der Waals surface area contributed by atoms with Crippen molar-refractivity contribution in [3.8, 4) is 0 Å². The van der Waals surface area contributed by atoms with E-state index in [4.69, 9.17) is 0 Å². The van der Waals surface area contributed by atoms with Crippen LogP contribution in [0.4, 0.5) is 5.69 Å². The number of carbonyl (C=O) groups is 1. The average molecular weight is 419 g/mol. The molecule has 2 aromatic carbocycles. The van der Waals surface area contributed by atoms with Gasteiger partial charge in [0.2, 0.25) is 0 Å². The van der Waals surface area contributed by atoms with Gasteiger partial charge in [-0.1, -0.05) is 12.5 Å². The van der Waals surface area contributed by atoms with Crippen molar-refractivity contribution in [2.24, 2.45) is 0 Å². The summed E-state index contributed by atoms with van der Waals surface area (Å²) in [6.07, 6.45) is 5.22. The van der Waals surface area contributed by atoms with Crippen LogP contribution in [0.3, 0.4) is 0 Å². The lowest BCUT2D eigenvalue weighted by molar-refractivity contribution is 0.102. The Labute approximate surface area is 172 Å². The number of hydrogen-bond donors (Lipinski definition) is 3. The summed E-state index contributed by atoms with van der Waals surface area (Å²) in [6.45, 7) is 1.37. The van der Waals surface area contributed by atoms with Crippen molar-refractivity contribution in [1.29, 1.82) is 0 Å². The lowest BCUT2D eigenvalue weighted by atomic mass is 10.1. The summed E-state index contributed by atoms with van der Waals surface area (Å²) in [5.74, 6) is 0.958. The molecule has 0 atom stereocenters. The molecular formula is C21H26N2O3S2. The first-order chi connectivity index (χ1) is 13.5. The second-order valence-electron chi connectivity index (χ2n) is 7.26. The number of piperidine rings is 1. The van der Waals surface area contributed by atoms with E-state index in [1.807, 2.05) is 30.0 Å². The minimum Gasteiger partial charge on any atom is -0.322 e. The van der Waals surface area contributed by atoms with Crippen molar-refractivity contribution in [1.82, 2.24) is 4.31 Å². The first-order valence-electron chi connectivity index (χ1n) is 9.74. The summed E-state index contributed by atoms with van der Waals surface area (Å²) in [7, 11) is -3.02. The number of thioether (sulfide) groups is 1. The first-order valence-corrected chi connectivity index (χ1v) is 12.2. The molecule has 4 rings (SSSR count). The number of nitrogens with zero attached hydrogens (tertiary/aromatic N) is 1. The predicted molar refractivity (Wildman–Crippen MR) is 116 cm³/mol. The number of carbonyl (C=O) groups excluding carboxylic acids is 1. The maximum atomic E-state index is 12.7. The van der Waals surface area contributed by atoms with Crippen LogP contribution >= 0.6 is 22.5 Å². The monoisotopic (exact) mass is 418 g/mol. The van der Waals surface area contributed by atoms with E-state index < -0.39 is 10.8 Å². The Balaban J connectivity index is 1.51. The lowest BCUT2D eigenvalue weighted by Gasteiger charge is -2.44. The van der Waals surface area contributed by atoms with Crippen LogP contribution in [0.25, 0.3) is 0 Å². The van der Waals surface area contributed by atoms with Crippen molar-refractivity contribution in [3.63, 3.8) is 0 Å². The highest BCUT2D eigenvalue weighted by molar-refractivity contribution is 8.22. The fraction of sp³-hybridized carbons (Fsp3) is 0.381. The van der Waals surface area contributed by atoms with E-state index >= 15 is 0 Å². The lowest BCUT2D eigenvalue weighted by Crippen LogP contribution is -2.32. The van der Waals surface area contributed by atoms with Gasteiger partial charge in [0.05, 0.1) is 4.90 Å². The molecule has 1 amide bonds. The molecule has 1 fully saturated rings. The molecule has 0 unspecified atom stereocenters. The number of hydrogen-bond acceptors (Lipinski definition) is 5. The summed E-state index contributed by atoms with van der Waals surface area (Å²) >= 11 is 1.84. The topological polar surface area (TPSA) is 72.8 Å².